The number of carbonyl (C=O) groups is 1. The predicted octanol–water partition coefficient (Wildman–Crippen LogP) is 3.43. The third-order valence-electron chi connectivity index (χ3n) is 6.32. The first-order chi connectivity index (χ1) is 13.6. The zero-order valence-electron chi connectivity index (χ0n) is 16.8. The lowest BCUT2D eigenvalue weighted by atomic mass is 9.77. The third kappa shape index (κ3) is 3.63. The SMILES string of the molecule is COc1cccc(Cc2cncc(C(=O)N3CCC[C@H]4NCCC[C@@]43C)c2)c1. The zero-order valence-corrected chi connectivity index (χ0v) is 16.8. The average Bonchev–Trinajstić information content (AvgIpc) is 2.72. The Hall–Kier alpha value is -2.40. The van der Waals surface area contributed by atoms with Crippen molar-refractivity contribution < 1.29 is 9.53 Å². The van der Waals surface area contributed by atoms with Gasteiger partial charge >= 0.3 is 0 Å². The van der Waals surface area contributed by atoms with Crippen molar-refractivity contribution in [2.45, 2.75) is 50.6 Å². The van der Waals surface area contributed by atoms with Gasteiger partial charge in [0.2, 0.25) is 0 Å². The molecule has 2 saturated heterocycles. The summed E-state index contributed by atoms with van der Waals surface area (Å²) in [6, 6.07) is 10.4. The van der Waals surface area contributed by atoms with Gasteiger partial charge in [-0.3, -0.25) is 9.78 Å². The quantitative estimate of drug-likeness (QED) is 0.884. The van der Waals surface area contributed by atoms with Crippen molar-refractivity contribution in [3.8, 4) is 5.75 Å². The average molecular weight is 380 g/mol. The predicted molar refractivity (Wildman–Crippen MR) is 110 cm³/mol. The van der Waals surface area contributed by atoms with Crippen LogP contribution >= 0.6 is 0 Å². The maximum absolute atomic E-state index is 13.4. The van der Waals surface area contributed by atoms with Crippen LogP contribution < -0.4 is 10.1 Å². The number of aromatic nitrogens is 1. The molecule has 2 aliphatic heterocycles. The Labute approximate surface area is 167 Å². The molecule has 1 aromatic heterocycles. The van der Waals surface area contributed by atoms with Gasteiger partial charge in [-0.1, -0.05) is 12.1 Å². The van der Waals surface area contributed by atoms with E-state index in [2.05, 4.69) is 28.2 Å². The van der Waals surface area contributed by atoms with Crippen molar-refractivity contribution in [2.75, 3.05) is 20.2 Å². The summed E-state index contributed by atoms with van der Waals surface area (Å²) >= 11 is 0. The molecule has 2 atom stereocenters. The smallest absolute Gasteiger partial charge is 0.255 e. The van der Waals surface area contributed by atoms with E-state index in [-0.39, 0.29) is 11.4 Å². The number of ether oxygens (including phenoxy) is 1. The summed E-state index contributed by atoms with van der Waals surface area (Å²) in [5, 5.41) is 3.63. The Balaban J connectivity index is 1.55. The Bertz CT molecular complexity index is 851. The van der Waals surface area contributed by atoms with Gasteiger partial charge in [0.05, 0.1) is 18.2 Å². The molecule has 28 heavy (non-hydrogen) atoms. The minimum Gasteiger partial charge on any atom is -0.497 e. The van der Waals surface area contributed by atoms with E-state index in [1.54, 1.807) is 13.3 Å². The van der Waals surface area contributed by atoms with Crippen LogP contribution in [0.3, 0.4) is 0 Å². The Morgan fingerprint density at radius 1 is 1.29 bits per heavy atom. The molecule has 1 N–H and O–H groups in total. The van der Waals surface area contributed by atoms with E-state index >= 15 is 0 Å². The van der Waals surface area contributed by atoms with Crippen molar-refractivity contribution >= 4 is 5.91 Å². The van der Waals surface area contributed by atoms with Crippen LogP contribution in [0, 0.1) is 0 Å². The number of likely N-dealkylation sites (tertiary alicyclic amines) is 1. The van der Waals surface area contributed by atoms with Gasteiger partial charge in [-0.2, -0.15) is 0 Å². The molecule has 0 saturated carbocycles. The molecule has 1 aromatic carbocycles. The third-order valence-corrected chi connectivity index (χ3v) is 6.32. The van der Waals surface area contributed by atoms with Crippen LogP contribution in [0.15, 0.2) is 42.7 Å². The second-order valence-corrected chi connectivity index (χ2v) is 8.18. The summed E-state index contributed by atoms with van der Waals surface area (Å²) in [7, 11) is 1.67. The minimum atomic E-state index is -0.101. The van der Waals surface area contributed by atoms with Gasteiger partial charge in [0.25, 0.3) is 5.91 Å². The van der Waals surface area contributed by atoms with E-state index in [1.807, 2.05) is 30.5 Å². The topological polar surface area (TPSA) is 54.5 Å². The first-order valence-corrected chi connectivity index (χ1v) is 10.2. The molecule has 0 radical (unpaired) electrons. The number of fused-ring (bicyclic) bond motifs is 1. The number of nitrogens with one attached hydrogen (secondary N) is 1. The lowest BCUT2D eigenvalue weighted by Crippen LogP contribution is -2.66. The molecule has 2 aliphatic rings. The molecule has 0 spiro atoms. The first-order valence-electron chi connectivity index (χ1n) is 10.2. The zero-order chi connectivity index (χ0) is 19.6. The maximum Gasteiger partial charge on any atom is 0.255 e. The largest absolute Gasteiger partial charge is 0.497 e. The number of nitrogens with zero attached hydrogens (tertiary/aromatic N) is 2. The summed E-state index contributed by atoms with van der Waals surface area (Å²) in [4.78, 5) is 19.9. The number of hydrogen-bond acceptors (Lipinski definition) is 4. The lowest BCUT2D eigenvalue weighted by Gasteiger charge is -2.53. The van der Waals surface area contributed by atoms with E-state index in [9.17, 15) is 4.79 Å². The minimum absolute atomic E-state index is 0.101. The fourth-order valence-electron chi connectivity index (χ4n) is 4.77. The van der Waals surface area contributed by atoms with Crippen LogP contribution in [0.4, 0.5) is 0 Å². The molecule has 2 fully saturated rings. The molecule has 148 valence electrons. The van der Waals surface area contributed by atoms with E-state index in [4.69, 9.17) is 4.74 Å². The Kier molecular flexibility index (Phi) is 5.36. The molecule has 0 bridgehead atoms. The second-order valence-electron chi connectivity index (χ2n) is 8.18. The molecule has 1 amide bonds. The number of carbonyl (C=O) groups excluding carboxylic acids is 1. The van der Waals surface area contributed by atoms with E-state index < -0.39 is 0 Å². The highest BCUT2D eigenvalue weighted by atomic mass is 16.5. The van der Waals surface area contributed by atoms with Crippen LogP contribution in [-0.4, -0.2) is 47.6 Å². The van der Waals surface area contributed by atoms with Gasteiger partial charge < -0.3 is 15.0 Å². The van der Waals surface area contributed by atoms with Gasteiger partial charge in [0, 0.05) is 25.0 Å². The molecule has 2 aromatic rings. The molecule has 4 rings (SSSR count). The van der Waals surface area contributed by atoms with E-state index in [1.165, 1.54) is 0 Å². The number of rotatable bonds is 4. The molecule has 5 nitrogen and oxygen atoms in total. The normalized spacial score (nSPS) is 24.5. The highest BCUT2D eigenvalue weighted by Crippen LogP contribution is 2.35. The Morgan fingerprint density at radius 3 is 3.04 bits per heavy atom. The number of pyridine rings is 1. The van der Waals surface area contributed by atoms with Crippen LogP contribution in [0.1, 0.15) is 54.1 Å². The fourth-order valence-corrected chi connectivity index (χ4v) is 4.77. The number of benzene rings is 1. The molecular weight excluding hydrogens is 350 g/mol. The number of amides is 1. The lowest BCUT2D eigenvalue weighted by molar-refractivity contribution is 0.00875. The van der Waals surface area contributed by atoms with Gasteiger partial charge in [0.1, 0.15) is 5.75 Å². The summed E-state index contributed by atoms with van der Waals surface area (Å²) in [5.41, 5.74) is 2.77. The number of methoxy groups -OCH3 is 1. The Morgan fingerprint density at radius 2 is 2.18 bits per heavy atom. The van der Waals surface area contributed by atoms with E-state index in [0.717, 1.165) is 62.1 Å². The van der Waals surface area contributed by atoms with Crippen molar-refractivity contribution in [2.24, 2.45) is 0 Å². The highest BCUT2D eigenvalue weighted by Gasteiger charge is 2.45. The van der Waals surface area contributed by atoms with Crippen molar-refractivity contribution in [1.29, 1.82) is 0 Å². The fraction of sp³-hybridized carbons (Fsp3) is 0.478. The molecular formula is C23H29N3O2. The molecule has 0 aliphatic carbocycles. The maximum atomic E-state index is 13.4. The molecule has 0 unspecified atom stereocenters. The second kappa shape index (κ2) is 7.92. The van der Waals surface area contributed by atoms with Gasteiger partial charge in [-0.05, 0) is 74.9 Å². The number of piperidine rings is 2. The monoisotopic (exact) mass is 379 g/mol. The summed E-state index contributed by atoms with van der Waals surface area (Å²) < 4.78 is 5.31. The molecule has 3 heterocycles. The van der Waals surface area contributed by atoms with Crippen LogP contribution in [-0.2, 0) is 6.42 Å². The van der Waals surface area contributed by atoms with Crippen molar-refractivity contribution in [1.82, 2.24) is 15.2 Å². The van der Waals surface area contributed by atoms with E-state index in [0.29, 0.717) is 11.6 Å². The highest BCUT2D eigenvalue weighted by molar-refractivity contribution is 5.94. The molecule has 5 heteroatoms. The van der Waals surface area contributed by atoms with Crippen LogP contribution in [0.5, 0.6) is 5.75 Å². The van der Waals surface area contributed by atoms with Crippen LogP contribution in [0.2, 0.25) is 0 Å². The van der Waals surface area contributed by atoms with Crippen LogP contribution in [0.25, 0.3) is 0 Å². The summed E-state index contributed by atoms with van der Waals surface area (Å²) in [6.07, 6.45) is 8.66. The summed E-state index contributed by atoms with van der Waals surface area (Å²) in [6.45, 7) is 4.13. The van der Waals surface area contributed by atoms with Gasteiger partial charge in [-0.25, -0.2) is 0 Å². The van der Waals surface area contributed by atoms with Gasteiger partial charge in [0.15, 0.2) is 0 Å². The van der Waals surface area contributed by atoms with Crippen molar-refractivity contribution in [3.05, 3.63) is 59.4 Å². The number of hydrogen-bond donors (Lipinski definition) is 1. The standard InChI is InChI=1S/C23H29N3O2/c1-23-9-5-10-25-21(23)8-4-11-26(23)22(27)19-13-18(15-24-16-19)12-17-6-3-7-20(14-17)28-2/h3,6-7,13-16,21,25H,4-5,8-12H2,1-2H3/t21-,23+/m1/s1. The first kappa shape index (κ1) is 18.9. The summed E-state index contributed by atoms with van der Waals surface area (Å²) in [5.74, 6) is 0.950. The van der Waals surface area contributed by atoms with Gasteiger partial charge in [-0.15, -0.1) is 0 Å². The van der Waals surface area contributed by atoms with Crippen molar-refractivity contribution in [3.63, 3.8) is 0 Å².